The molecule has 0 amide bonds. The molecule has 5 rings (SSSR count). The monoisotopic (exact) mass is 584 g/mol. The molecule has 1 unspecified atom stereocenters. The van der Waals surface area contributed by atoms with Crippen LogP contribution in [-0.4, -0.2) is 0 Å². The molecule has 228 valence electrons. The Morgan fingerprint density at radius 1 is 0.744 bits per heavy atom. The summed E-state index contributed by atoms with van der Waals surface area (Å²) < 4.78 is 45.1. The number of allylic oxidation sites excluding steroid dienone is 3. The molecule has 0 nitrogen and oxygen atoms in total. The van der Waals surface area contributed by atoms with Gasteiger partial charge in [0.25, 0.3) is 0 Å². The van der Waals surface area contributed by atoms with Crippen LogP contribution in [0, 0.1) is 35.2 Å². The van der Waals surface area contributed by atoms with Crippen molar-refractivity contribution in [3.8, 4) is 22.3 Å². The average Bonchev–Trinajstić information content (AvgIpc) is 3.04. The van der Waals surface area contributed by atoms with Crippen LogP contribution in [-0.2, 0) is 6.42 Å². The minimum absolute atomic E-state index is 0.198. The maximum Gasteiger partial charge on any atom is 0.166 e. The lowest BCUT2D eigenvalue weighted by Gasteiger charge is -2.35. The van der Waals surface area contributed by atoms with E-state index in [-0.39, 0.29) is 11.4 Å². The van der Waals surface area contributed by atoms with Crippen molar-refractivity contribution in [2.75, 3.05) is 0 Å². The van der Waals surface area contributed by atoms with Gasteiger partial charge in [0.2, 0.25) is 0 Å². The molecule has 0 radical (unpaired) electrons. The van der Waals surface area contributed by atoms with Gasteiger partial charge in [0.1, 0.15) is 5.82 Å². The molecule has 2 aliphatic carbocycles. The van der Waals surface area contributed by atoms with Crippen molar-refractivity contribution >= 4 is 5.57 Å². The topological polar surface area (TPSA) is 0 Å². The molecule has 1 saturated carbocycles. The molecule has 0 aromatic heterocycles. The van der Waals surface area contributed by atoms with Gasteiger partial charge in [-0.15, -0.1) is 6.58 Å². The number of benzene rings is 3. The van der Waals surface area contributed by atoms with Gasteiger partial charge in [-0.25, -0.2) is 13.2 Å². The minimum atomic E-state index is -0.796. The van der Waals surface area contributed by atoms with E-state index < -0.39 is 11.6 Å². The first kappa shape index (κ1) is 31.4. The number of unbranched alkanes of at least 4 members (excludes halogenated alkanes) is 3. The van der Waals surface area contributed by atoms with Crippen molar-refractivity contribution in [1.29, 1.82) is 0 Å². The van der Waals surface area contributed by atoms with Crippen molar-refractivity contribution < 1.29 is 13.2 Å². The van der Waals surface area contributed by atoms with Crippen LogP contribution in [0.2, 0.25) is 0 Å². The van der Waals surface area contributed by atoms with E-state index in [0.717, 1.165) is 85.8 Å². The number of rotatable bonds is 12. The highest BCUT2D eigenvalue weighted by molar-refractivity contribution is 5.74. The molecule has 0 saturated heterocycles. The van der Waals surface area contributed by atoms with Crippen LogP contribution >= 0.6 is 0 Å². The molecule has 0 heterocycles. The third-order valence-corrected chi connectivity index (χ3v) is 10.1. The van der Waals surface area contributed by atoms with E-state index in [0.29, 0.717) is 23.1 Å². The SMILES string of the molecule is C=CCCC1CCC(C2CC=C(c3ccc(-c4ccc(-c5ccc(CCCCCC)c(F)c5F)cc4)cc3F)CC2)CC1. The Morgan fingerprint density at radius 3 is 2.14 bits per heavy atom. The van der Waals surface area contributed by atoms with E-state index in [1.165, 1.54) is 32.1 Å². The number of hydrogen-bond acceptors (Lipinski definition) is 0. The van der Waals surface area contributed by atoms with Gasteiger partial charge in [0.15, 0.2) is 11.6 Å². The zero-order valence-electron chi connectivity index (χ0n) is 25.8. The van der Waals surface area contributed by atoms with Gasteiger partial charge in [-0.2, -0.15) is 0 Å². The summed E-state index contributed by atoms with van der Waals surface area (Å²) >= 11 is 0. The van der Waals surface area contributed by atoms with E-state index in [9.17, 15) is 8.78 Å². The predicted molar refractivity (Wildman–Crippen MR) is 175 cm³/mol. The predicted octanol–water partition coefficient (Wildman–Crippen LogP) is 12.5. The average molecular weight is 585 g/mol. The Hall–Kier alpha value is -3.07. The second-order valence-electron chi connectivity index (χ2n) is 12.9. The largest absolute Gasteiger partial charge is 0.206 e. The maximum absolute atomic E-state index is 15.4. The van der Waals surface area contributed by atoms with E-state index >= 15 is 4.39 Å². The van der Waals surface area contributed by atoms with Gasteiger partial charge in [-0.3, -0.25) is 0 Å². The lowest BCUT2D eigenvalue weighted by molar-refractivity contribution is 0.190. The van der Waals surface area contributed by atoms with Crippen LogP contribution in [0.4, 0.5) is 13.2 Å². The Balaban J connectivity index is 1.21. The fourth-order valence-electron chi connectivity index (χ4n) is 7.37. The summed E-state index contributed by atoms with van der Waals surface area (Å²) in [7, 11) is 0. The fourth-order valence-corrected chi connectivity index (χ4v) is 7.37. The van der Waals surface area contributed by atoms with Gasteiger partial charge in [-0.1, -0.05) is 99.7 Å². The van der Waals surface area contributed by atoms with Crippen LogP contribution < -0.4 is 0 Å². The van der Waals surface area contributed by atoms with Crippen LogP contribution in [0.1, 0.15) is 102 Å². The number of hydrogen-bond donors (Lipinski definition) is 0. The third-order valence-electron chi connectivity index (χ3n) is 10.1. The molecule has 0 spiro atoms. The van der Waals surface area contributed by atoms with Gasteiger partial charge in [0, 0.05) is 11.1 Å². The first-order valence-electron chi connectivity index (χ1n) is 16.7. The van der Waals surface area contributed by atoms with Crippen molar-refractivity contribution in [2.45, 2.75) is 96.8 Å². The van der Waals surface area contributed by atoms with Crippen LogP contribution in [0.5, 0.6) is 0 Å². The third kappa shape index (κ3) is 7.72. The highest BCUT2D eigenvalue weighted by Crippen LogP contribution is 2.42. The molecule has 3 aromatic rings. The fraction of sp³-hybridized carbons (Fsp3) is 0.450. The molecule has 1 atom stereocenters. The molecular formula is C40H47F3. The second-order valence-corrected chi connectivity index (χ2v) is 12.9. The molecule has 0 bridgehead atoms. The van der Waals surface area contributed by atoms with E-state index in [2.05, 4.69) is 19.6 Å². The Labute approximate surface area is 257 Å². The van der Waals surface area contributed by atoms with Gasteiger partial charge in [-0.05, 0) is 109 Å². The summed E-state index contributed by atoms with van der Waals surface area (Å²) in [4.78, 5) is 0. The normalized spacial score (nSPS) is 20.6. The molecule has 0 N–H and O–H groups in total. The van der Waals surface area contributed by atoms with Crippen molar-refractivity contribution in [3.63, 3.8) is 0 Å². The highest BCUT2D eigenvalue weighted by Gasteiger charge is 2.29. The highest BCUT2D eigenvalue weighted by atomic mass is 19.2. The minimum Gasteiger partial charge on any atom is -0.206 e. The summed E-state index contributed by atoms with van der Waals surface area (Å²) in [5.74, 6) is 0.669. The Morgan fingerprint density at radius 2 is 1.47 bits per heavy atom. The van der Waals surface area contributed by atoms with E-state index in [1.54, 1.807) is 30.3 Å². The van der Waals surface area contributed by atoms with Crippen LogP contribution in [0.25, 0.3) is 27.8 Å². The van der Waals surface area contributed by atoms with E-state index in [1.807, 2.05) is 30.3 Å². The first-order chi connectivity index (χ1) is 21.0. The van der Waals surface area contributed by atoms with Gasteiger partial charge < -0.3 is 0 Å². The molecule has 2 aliphatic rings. The lowest BCUT2D eigenvalue weighted by Crippen LogP contribution is -2.23. The summed E-state index contributed by atoms with van der Waals surface area (Å²) in [6.45, 7) is 6.00. The number of halogens is 3. The Bertz CT molecular complexity index is 1390. The molecule has 0 aliphatic heterocycles. The summed E-state index contributed by atoms with van der Waals surface area (Å²) in [6.07, 6.45) is 19.9. The van der Waals surface area contributed by atoms with E-state index in [4.69, 9.17) is 0 Å². The summed E-state index contributed by atoms with van der Waals surface area (Å²) in [5.41, 5.74) is 4.78. The smallest absolute Gasteiger partial charge is 0.166 e. The standard InChI is InChI=1S/C40H47F3/c1-3-5-7-8-10-34-23-26-37(40(43)39(34)42)33-21-17-31(18-22-33)35-24-25-36(38(41)27-35)32-19-15-30(16-20-32)29-13-11-28(12-14-29)9-6-4-2/h4,17-19,21-30H,2-3,5-16,20H2,1H3. The molecule has 1 fully saturated rings. The first-order valence-corrected chi connectivity index (χ1v) is 16.7. The molecule has 3 aromatic carbocycles. The lowest BCUT2D eigenvalue weighted by atomic mass is 9.70. The Kier molecular flexibility index (Phi) is 11.0. The summed E-state index contributed by atoms with van der Waals surface area (Å²) in [6, 6.07) is 16.2. The van der Waals surface area contributed by atoms with Crippen molar-refractivity contribution in [3.05, 3.63) is 102 Å². The molecule has 43 heavy (non-hydrogen) atoms. The van der Waals surface area contributed by atoms with Crippen LogP contribution in [0.15, 0.2) is 73.3 Å². The maximum atomic E-state index is 15.4. The summed E-state index contributed by atoms with van der Waals surface area (Å²) in [5, 5.41) is 0. The van der Waals surface area contributed by atoms with Gasteiger partial charge in [0.05, 0.1) is 0 Å². The zero-order valence-corrected chi connectivity index (χ0v) is 25.8. The van der Waals surface area contributed by atoms with Gasteiger partial charge >= 0.3 is 0 Å². The molecule has 3 heteroatoms. The van der Waals surface area contributed by atoms with Crippen molar-refractivity contribution in [2.24, 2.45) is 17.8 Å². The van der Waals surface area contributed by atoms with Crippen molar-refractivity contribution in [1.82, 2.24) is 0 Å². The second kappa shape index (κ2) is 15.1. The quantitative estimate of drug-likeness (QED) is 0.147. The van der Waals surface area contributed by atoms with Crippen LogP contribution in [0.3, 0.4) is 0 Å². The zero-order chi connectivity index (χ0) is 30.2. The number of aryl methyl sites for hydroxylation is 1. The molecular weight excluding hydrogens is 537 g/mol.